The first-order valence-electron chi connectivity index (χ1n) is 6.70. The molecule has 2 heterocycles. The molecule has 3 N–H and O–H groups in total. The minimum Gasteiger partial charge on any atom is -0.389 e. The molecule has 0 amide bonds. The maximum atomic E-state index is 5.81. The summed E-state index contributed by atoms with van der Waals surface area (Å²) in [7, 11) is 4.10. The Morgan fingerprint density at radius 1 is 1.47 bits per heavy atom. The summed E-state index contributed by atoms with van der Waals surface area (Å²) < 4.78 is 1.84. The zero-order valence-corrected chi connectivity index (χ0v) is 12.9. The van der Waals surface area contributed by atoms with Crippen LogP contribution < -0.4 is 11.1 Å². The highest BCUT2D eigenvalue weighted by molar-refractivity contribution is 7.80. The van der Waals surface area contributed by atoms with Crippen molar-refractivity contribution in [2.24, 2.45) is 12.8 Å². The third kappa shape index (κ3) is 2.90. The molecule has 1 aliphatic rings. The van der Waals surface area contributed by atoms with Crippen LogP contribution in [0.15, 0.2) is 0 Å². The molecule has 5 nitrogen and oxygen atoms in total. The quantitative estimate of drug-likeness (QED) is 0.817. The molecule has 0 saturated carbocycles. The van der Waals surface area contributed by atoms with E-state index in [2.05, 4.69) is 29.3 Å². The Labute approximate surface area is 120 Å². The summed E-state index contributed by atoms with van der Waals surface area (Å²) in [5, 5.41) is 7.99. The smallest absolute Gasteiger partial charge is 0.134 e. The summed E-state index contributed by atoms with van der Waals surface area (Å²) in [6.07, 6.45) is 2.25. The van der Waals surface area contributed by atoms with Crippen molar-refractivity contribution in [2.75, 3.05) is 18.9 Å². The van der Waals surface area contributed by atoms with Crippen LogP contribution in [-0.4, -0.2) is 45.3 Å². The highest BCUT2D eigenvalue weighted by Gasteiger charge is 2.25. The number of hydrogen-bond acceptors (Lipinski definition) is 4. The second-order valence-electron chi connectivity index (χ2n) is 5.49. The van der Waals surface area contributed by atoms with Crippen molar-refractivity contribution in [2.45, 2.75) is 38.8 Å². The summed E-state index contributed by atoms with van der Waals surface area (Å²) in [4.78, 5) is 2.80. The summed E-state index contributed by atoms with van der Waals surface area (Å²) in [5.41, 5.74) is 7.58. The zero-order chi connectivity index (χ0) is 14.2. The lowest BCUT2D eigenvalue weighted by atomic mass is 9.99. The number of nitrogens with zero attached hydrogens (tertiary/aromatic N) is 3. The average molecular weight is 281 g/mol. The fraction of sp³-hybridized carbons (Fsp3) is 0.692. The van der Waals surface area contributed by atoms with E-state index in [0.717, 1.165) is 36.5 Å². The van der Waals surface area contributed by atoms with Crippen molar-refractivity contribution in [3.05, 3.63) is 11.3 Å². The number of aromatic nitrogens is 2. The number of likely N-dealkylation sites (tertiary alicyclic amines) is 1. The van der Waals surface area contributed by atoms with E-state index in [0.29, 0.717) is 17.1 Å². The van der Waals surface area contributed by atoms with E-state index in [-0.39, 0.29) is 0 Å². The highest BCUT2D eigenvalue weighted by atomic mass is 32.1. The Kier molecular flexibility index (Phi) is 4.10. The first-order chi connectivity index (χ1) is 8.90. The standard InChI is InChI=1S/C13H23N5S/c1-8-7-10(5-6-17(8)3)15-13-11(12(14)19)9(2)16-18(13)4/h8,10,15H,5-7H2,1-4H3,(H2,14,19). The first kappa shape index (κ1) is 14.3. The van der Waals surface area contributed by atoms with E-state index in [1.165, 1.54) is 0 Å². The third-order valence-corrected chi connectivity index (χ3v) is 4.22. The van der Waals surface area contributed by atoms with E-state index < -0.39 is 0 Å². The van der Waals surface area contributed by atoms with E-state index >= 15 is 0 Å². The van der Waals surface area contributed by atoms with Crippen LogP contribution >= 0.6 is 12.2 Å². The molecule has 1 fully saturated rings. The van der Waals surface area contributed by atoms with Gasteiger partial charge in [0.25, 0.3) is 0 Å². The van der Waals surface area contributed by atoms with Gasteiger partial charge in [-0.25, -0.2) is 0 Å². The van der Waals surface area contributed by atoms with E-state index in [9.17, 15) is 0 Å². The second kappa shape index (κ2) is 5.46. The molecule has 1 aromatic rings. The molecular weight excluding hydrogens is 258 g/mol. The lowest BCUT2D eigenvalue weighted by Gasteiger charge is -2.35. The van der Waals surface area contributed by atoms with Gasteiger partial charge in [0.15, 0.2) is 0 Å². The van der Waals surface area contributed by atoms with Gasteiger partial charge in [-0.05, 0) is 33.7 Å². The summed E-state index contributed by atoms with van der Waals surface area (Å²) in [6, 6.07) is 1.04. The van der Waals surface area contributed by atoms with Crippen LogP contribution in [0.2, 0.25) is 0 Å². The van der Waals surface area contributed by atoms with Crippen molar-refractivity contribution in [3.63, 3.8) is 0 Å². The van der Waals surface area contributed by atoms with Gasteiger partial charge < -0.3 is 16.0 Å². The topological polar surface area (TPSA) is 59.1 Å². The Hall–Kier alpha value is -1.14. The lowest BCUT2D eigenvalue weighted by molar-refractivity contribution is 0.190. The summed E-state index contributed by atoms with van der Waals surface area (Å²) in [6.45, 7) is 5.31. The van der Waals surface area contributed by atoms with Gasteiger partial charge in [-0.3, -0.25) is 4.68 Å². The number of aryl methyl sites for hydroxylation is 2. The maximum Gasteiger partial charge on any atom is 0.134 e. The number of hydrogen-bond donors (Lipinski definition) is 2. The van der Waals surface area contributed by atoms with Crippen LogP contribution in [0.5, 0.6) is 0 Å². The van der Waals surface area contributed by atoms with Crippen LogP contribution in [0.4, 0.5) is 5.82 Å². The fourth-order valence-corrected chi connectivity index (χ4v) is 2.98. The van der Waals surface area contributed by atoms with Crippen LogP contribution in [0.25, 0.3) is 0 Å². The number of rotatable bonds is 3. The number of thiocarbonyl (C=S) groups is 1. The van der Waals surface area contributed by atoms with Gasteiger partial charge in [0.2, 0.25) is 0 Å². The van der Waals surface area contributed by atoms with Gasteiger partial charge in [-0.1, -0.05) is 12.2 Å². The monoisotopic (exact) mass is 281 g/mol. The van der Waals surface area contributed by atoms with Crippen LogP contribution in [0, 0.1) is 6.92 Å². The molecule has 0 aromatic carbocycles. The molecule has 2 unspecified atom stereocenters. The minimum absolute atomic E-state index is 0.411. The molecule has 106 valence electrons. The molecule has 0 radical (unpaired) electrons. The van der Waals surface area contributed by atoms with E-state index in [1.54, 1.807) is 0 Å². The molecule has 1 aliphatic heterocycles. The predicted octanol–water partition coefficient (Wildman–Crippen LogP) is 1.26. The first-order valence-corrected chi connectivity index (χ1v) is 7.11. The van der Waals surface area contributed by atoms with Gasteiger partial charge in [0.1, 0.15) is 10.8 Å². The normalized spacial score (nSPS) is 24.4. The van der Waals surface area contributed by atoms with Crippen LogP contribution in [0.3, 0.4) is 0 Å². The Bertz CT molecular complexity index is 482. The van der Waals surface area contributed by atoms with Crippen molar-refractivity contribution >= 4 is 23.0 Å². The van der Waals surface area contributed by atoms with Crippen molar-refractivity contribution in [1.29, 1.82) is 0 Å². The van der Waals surface area contributed by atoms with Crippen molar-refractivity contribution < 1.29 is 0 Å². The number of nitrogens with two attached hydrogens (primary N) is 1. The van der Waals surface area contributed by atoms with E-state index in [4.69, 9.17) is 18.0 Å². The molecule has 6 heteroatoms. The third-order valence-electron chi connectivity index (χ3n) is 4.02. The molecule has 1 saturated heterocycles. The largest absolute Gasteiger partial charge is 0.389 e. The predicted molar refractivity (Wildman–Crippen MR) is 82.6 cm³/mol. The van der Waals surface area contributed by atoms with Gasteiger partial charge >= 0.3 is 0 Å². The molecule has 2 atom stereocenters. The molecule has 0 bridgehead atoms. The number of nitrogens with one attached hydrogen (secondary N) is 1. The summed E-state index contributed by atoms with van der Waals surface area (Å²) >= 11 is 5.14. The zero-order valence-electron chi connectivity index (χ0n) is 12.1. The molecule has 1 aromatic heterocycles. The molecule has 19 heavy (non-hydrogen) atoms. The number of anilines is 1. The number of piperidine rings is 1. The van der Waals surface area contributed by atoms with Crippen molar-refractivity contribution in [3.8, 4) is 0 Å². The summed E-state index contributed by atoms with van der Waals surface area (Å²) in [5.74, 6) is 0.951. The Balaban J connectivity index is 2.17. The van der Waals surface area contributed by atoms with Crippen LogP contribution in [0.1, 0.15) is 31.0 Å². The van der Waals surface area contributed by atoms with Gasteiger partial charge in [0.05, 0.1) is 11.3 Å². The van der Waals surface area contributed by atoms with Crippen molar-refractivity contribution in [1.82, 2.24) is 14.7 Å². The fourth-order valence-electron chi connectivity index (χ4n) is 2.73. The molecule has 2 rings (SSSR count). The molecular formula is C13H23N5S. The molecule has 0 aliphatic carbocycles. The second-order valence-corrected chi connectivity index (χ2v) is 5.93. The maximum absolute atomic E-state index is 5.81. The average Bonchev–Trinajstić information content (AvgIpc) is 2.59. The Morgan fingerprint density at radius 3 is 2.74 bits per heavy atom. The lowest BCUT2D eigenvalue weighted by Crippen LogP contribution is -2.43. The van der Waals surface area contributed by atoms with Gasteiger partial charge in [0, 0.05) is 25.7 Å². The molecule has 0 spiro atoms. The van der Waals surface area contributed by atoms with Crippen LogP contribution in [-0.2, 0) is 7.05 Å². The van der Waals surface area contributed by atoms with Gasteiger partial charge in [-0.2, -0.15) is 5.10 Å². The van der Waals surface area contributed by atoms with Gasteiger partial charge in [-0.15, -0.1) is 0 Å². The minimum atomic E-state index is 0.411. The highest BCUT2D eigenvalue weighted by Crippen LogP contribution is 2.24. The van der Waals surface area contributed by atoms with E-state index in [1.807, 2.05) is 18.7 Å². The SMILES string of the molecule is Cc1nn(C)c(NC2CCN(C)C(C)C2)c1C(N)=S. The Morgan fingerprint density at radius 2 is 2.16 bits per heavy atom.